The van der Waals surface area contributed by atoms with E-state index < -0.39 is 0 Å². The molecule has 3 nitrogen and oxygen atoms in total. The van der Waals surface area contributed by atoms with Crippen LogP contribution in [0.15, 0.2) is 18.5 Å². The van der Waals surface area contributed by atoms with Crippen LogP contribution in [0.2, 0.25) is 0 Å². The molecular weight excluding hydrogens is 176 g/mol. The van der Waals surface area contributed by atoms with E-state index in [0.717, 1.165) is 11.3 Å². The monoisotopic (exact) mass is 194 g/mol. The maximum atomic E-state index is 5.73. The van der Waals surface area contributed by atoms with Crippen molar-refractivity contribution < 1.29 is 4.74 Å². The van der Waals surface area contributed by atoms with Crippen LogP contribution in [0.5, 0.6) is 5.75 Å². The van der Waals surface area contributed by atoms with E-state index in [2.05, 4.69) is 18.8 Å². The van der Waals surface area contributed by atoms with Gasteiger partial charge in [0.25, 0.3) is 0 Å². The fourth-order valence-electron chi connectivity index (χ4n) is 1.54. The summed E-state index contributed by atoms with van der Waals surface area (Å²) in [5.74, 6) is 1.67. The van der Waals surface area contributed by atoms with Gasteiger partial charge in [0.2, 0.25) is 0 Å². The van der Waals surface area contributed by atoms with Gasteiger partial charge >= 0.3 is 0 Å². The van der Waals surface area contributed by atoms with Gasteiger partial charge in [0.15, 0.2) is 0 Å². The molecule has 0 aliphatic carbocycles. The van der Waals surface area contributed by atoms with E-state index in [-0.39, 0.29) is 0 Å². The fraction of sp³-hybridized carbons (Fsp3) is 0.545. The summed E-state index contributed by atoms with van der Waals surface area (Å²) in [6.45, 7) is 4.97. The van der Waals surface area contributed by atoms with Gasteiger partial charge in [0.05, 0.1) is 13.3 Å². The first-order chi connectivity index (χ1) is 6.69. The molecule has 0 saturated carbocycles. The molecule has 1 atom stereocenters. The predicted octanol–water partition coefficient (Wildman–Crippen LogP) is 1.79. The highest BCUT2D eigenvalue weighted by Gasteiger charge is 2.14. The van der Waals surface area contributed by atoms with Gasteiger partial charge in [-0.3, -0.25) is 4.98 Å². The lowest BCUT2D eigenvalue weighted by molar-refractivity contribution is 0.410. The van der Waals surface area contributed by atoms with Gasteiger partial charge in [-0.1, -0.05) is 13.8 Å². The number of ether oxygens (including phenoxy) is 1. The third-order valence-electron chi connectivity index (χ3n) is 2.46. The zero-order valence-electron chi connectivity index (χ0n) is 9.03. The van der Waals surface area contributed by atoms with Crippen molar-refractivity contribution in [3.8, 4) is 5.75 Å². The molecule has 1 aromatic heterocycles. The van der Waals surface area contributed by atoms with Crippen molar-refractivity contribution in [1.82, 2.24) is 4.98 Å². The number of pyridine rings is 1. The molecule has 78 valence electrons. The van der Waals surface area contributed by atoms with Gasteiger partial charge in [0, 0.05) is 12.1 Å². The number of methoxy groups -OCH3 is 1. The lowest BCUT2D eigenvalue weighted by Gasteiger charge is -2.19. The number of nitrogens with two attached hydrogens (primary N) is 1. The molecule has 0 aromatic carbocycles. The SMILES string of the molecule is COc1cncc(C(CN)C(C)C)c1. The minimum atomic E-state index is 0.359. The zero-order valence-corrected chi connectivity index (χ0v) is 9.03. The average Bonchev–Trinajstić information content (AvgIpc) is 2.19. The van der Waals surface area contributed by atoms with Gasteiger partial charge in [-0.2, -0.15) is 0 Å². The van der Waals surface area contributed by atoms with Crippen LogP contribution in [0.1, 0.15) is 25.3 Å². The molecule has 0 radical (unpaired) electrons. The highest BCUT2D eigenvalue weighted by atomic mass is 16.5. The Kier molecular flexibility index (Phi) is 3.89. The summed E-state index contributed by atoms with van der Waals surface area (Å²) >= 11 is 0. The number of hydrogen-bond acceptors (Lipinski definition) is 3. The van der Waals surface area contributed by atoms with Crippen LogP contribution in [-0.2, 0) is 0 Å². The van der Waals surface area contributed by atoms with Crippen molar-refractivity contribution in [1.29, 1.82) is 0 Å². The maximum Gasteiger partial charge on any atom is 0.137 e. The molecule has 0 amide bonds. The molecule has 1 unspecified atom stereocenters. The van der Waals surface area contributed by atoms with E-state index in [0.29, 0.717) is 18.4 Å². The van der Waals surface area contributed by atoms with Crippen molar-refractivity contribution >= 4 is 0 Å². The molecule has 1 heterocycles. The van der Waals surface area contributed by atoms with E-state index in [1.165, 1.54) is 0 Å². The molecule has 1 aromatic rings. The van der Waals surface area contributed by atoms with Crippen molar-refractivity contribution in [2.24, 2.45) is 11.7 Å². The van der Waals surface area contributed by atoms with Gasteiger partial charge in [0.1, 0.15) is 5.75 Å². The largest absolute Gasteiger partial charge is 0.495 e. The van der Waals surface area contributed by atoms with Crippen LogP contribution in [0.25, 0.3) is 0 Å². The lowest BCUT2D eigenvalue weighted by atomic mass is 9.89. The molecule has 0 aliphatic heterocycles. The molecule has 14 heavy (non-hydrogen) atoms. The fourth-order valence-corrected chi connectivity index (χ4v) is 1.54. The van der Waals surface area contributed by atoms with Crippen LogP contribution >= 0.6 is 0 Å². The predicted molar refractivity (Wildman–Crippen MR) is 57.4 cm³/mol. The van der Waals surface area contributed by atoms with Crippen LogP contribution in [0, 0.1) is 5.92 Å². The first kappa shape index (κ1) is 11.0. The zero-order chi connectivity index (χ0) is 10.6. The van der Waals surface area contributed by atoms with Gasteiger partial charge in [-0.05, 0) is 24.1 Å². The lowest BCUT2D eigenvalue weighted by Crippen LogP contribution is -2.17. The normalized spacial score (nSPS) is 12.9. The summed E-state index contributed by atoms with van der Waals surface area (Å²) in [6.07, 6.45) is 3.57. The minimum absolute atomic E-state index is 0.359. The van der Waals surface area contributed by atoms with Crippen LogP contribution in [-0.4, -0.2) is 18.6 Å². The first-order valence-corrected chi connectivity index (χ1v) is 4.88. The summed E-state index contributed by atoms with van der Waals surface area (Å²) in [4.78, 5) is 4.13. The quantitative estimate of drug-likeness (QED) is 0.795. The summed E-state index contributed by atoms with van der Waals surface area (Å²) < 4.78 is 5.13. The first-order valence-electron chi connectivity index (χ1n) is 4.88. The van der Waals surface area contributed by atoms with E-state index >= 15 is 0 Å². The number of nitrogens with zero attached hydrogens (tertiary/aromatic N) is 1. The van der Waals surface area contributed by atoms with Crippen LogP contribution in [0.3, 0.4) is 0 Å². The Morgan fingerprint density at radius 3 is 2.64 bits per heavy atom. The number of rotatable bonds is 4. The smallest absolute Gasteiger partial charge is 0.137 e. The van der Waals surface area contributed by atoms with Crippen molar-refractivity contribution in [3.05, 3.63) is 24.0 Å². The van der Waals surface area contributed by atoms with Crippen molar-refractivity contribution in [2.75, 3.05) is 13.7 Å². The molecule has 0 saturated heterocycles. The Morgan fingerprint density at radius 2 is 2.14 bits per heavy atom. The van der Waals surface area contributed by atoms with Crippen LogP contribution in [0.4, 0.5) is 0 Å². The third kappa shape index (κ3) is 2.45. The van der Waals surface area contributed by atoms with Gasteiger partial charge in [-0.25, -0.2) is 0 Å². The van der Waals surface area contributed by atoms with Crippen molar-refractivity contribution in [3.63, 3.8) is 0 Å². The summed E-state index contributed by atoms with van der Waals surface area (Å²) in [5.41, 5.74) is 6.88. The molecular formula is C11H18N2O. The Balaban J connectivity index is 2.92. The minimum Gasteiger partial charge on any atom is -0.495 e. The van der Waals surface area contributed by atoms with Crippen LogP contribution < -0.4 is 10.5 Å². The molecule has 2 N–H and O–H groups in total. The molecule has 0 spiro atoms. The van der Waals surface area contributed by atoms with E-state index in [9.17, 15) is 0 Å². The molecule has 0 aliphatic rings. The Labute approximate surface area is 85.3 Å². The molecule has 1 rings (SSSR count). The van der Waals surface area contributed by atoms with E-state index in [1.807, 2.05) is 12.3 Å². The second-order valence-electron chi connectivity index (χ2n) is 3.74. The second-order valence-corrected chi connectivity index (χ2v) is 3.74. The Bertz CT molecular complexity index is 286. The average molecular weight is 194 g/mol. The maximum absolute atomic E-state index is 5.73. The highest BCUT2D eigenvalue weighted by molar-refractivity contribution is 5.26. The van der Waals surface area contributed by atoms with E-state index in [4.69, 9.17) is 10.5 Å². The summed E-state index contributed by atoms with van der Waals surface area (Å²) in [7, 11) is 1.65. The highest BCUT2D eigenvalue weighted by Crippen LogP contribution is 2.24. The molecule has 3 heteroatoms. The standard InChI is InChI=1S/C11H18N2O/c1-8(2)11(5-12)9-4-10(14-3)7-13-6-9/h4,6-8,11H,5,12H2,1-3H3. The summed E-state index contributed by atoms with van der Waals surface area (Å²) in [6, 6.07) is 2.00. The topological polar surface area (TPSA) is 48.1 Å². The van der Waals surface area contributed by atoms with E-state index in [1.54, 1.807) is 13.3 Å². The second kappa shape index (κ2) is 4.96. The Hall–Kier alpha value is -1.09. The third-order valence-corrected chi connectivity index (χ3v) is 2.46. The molecule has 0 fully saturated rings. The van der Waals surface area contributed by atoms with Gasteiger partial charge in [-0.15, -0.1) is 0 Å². The summed E-state index contributed by atoms with van der Waals surface area (Å²) in [5, 5.41) is 0. The van der Waals surface area contributed by atoms with Gasteiger partial charge < -0.3 is 10.5 Å². The number of aromatic nitrogens is 1. The number of hydrogen-bond donors (Lipinski definition) is 1. The van der Waals surface area contributed by atoms with Crippen molar-refractivity contribution in [2.45, 2.75) is 19.8 Å². The Morgan fingerprint density at radius 1 is 1.43 bits per heavy atom. The molecule has 0 bridgehead atoms.